The monoisotopic (exact) mass is 197 g/mol. The van der Waals surface area contributed by atoms with Crippen LogP contribution in [-0.4, -0.2) is 12.2 Å². The number of benzene rings is 1. The predicted octanol–water partition coefficient (Wildman–Crippen LogP) is 1.53. The van der Waals surface area contributed by atoms with Gasteiger partial charge in [0.15, 0.2) is 11.5 Å². The summed E-state index contributed by atoms with van der Waals surface area (Å²) in [5.74, 6) is 5.68. The van der Waals surface area contributed by atoms with Crippen LogP contribution in [0.1, 0.15) is 19.4 Å². The van der Waals surface area contributed by atoms with Crippen molar-refractivity contribution in [3.05, 3.63) is 23.8 Å². The highest BCUT2D eigenvalue weighted by molar-refractivity contribution is 5.43. The normalized spacial score (nSPS) is 11.4. The molecule has 0 radical (unpaired) electrons. The number of rotatable bonds is 3. The summed E-state index contributed by atoms with van der Waals surface area (Å²) < 4.78 is 4.98. The van der Waals surface area contributed by atoms with E-state index < -0.39 is 5.60 Å². The molecule has 0 saturated carbocycles. The van der Waals surface area contributed by atoms with E-state index in [9.17, 15) is 5.11 Å². The fourth-order valence-electron chi connectivity index (χ4n) is 1.12. The van der Waals surface area contributed by atoms with Crippen molar-refractivity contribution in [1.29, 1.82) is 0 Å². The number of nitrogens with two attached hydrogens (primary N) is 1. The zero-order valence-electron chi connectivity index (χ0n) is 8.57. The highest BCUT2D eigenvalue weighted by Gasteiger charge is 2.21. The Kier molecular flexibility index (Phi) is 2.98. The van der Waals surface area contributed by atoms with Gasteiger partial charge in [0, 0.05) is 0 Å². The first-order chi connectivity index (χ1) is 6.51. The third-order valence-corrected chi connectivity index (χ3v) is 2.17. The van der Waals surface area contributed by atoms with Crippen LogP contribution in [0.4, 0.5) is 0 Å². The average Bonchev–Trinajstić information content (AvgIpc) is 2.18. The van der Waals surface area contributed by atoms with Crippen molar-refractivity contribution in [2.45, 2.75) is 19.4 Å². The number of hydrogen-bond acceptors (Lipinski definition) is 4. The summed E-state index contributed by atoms with van der Waals surface area (Å²) in [6.07, 6.45) is 0. The maximum absolute atomic E-state index is 9.38. The molecule has 0 unspecified atom stereocenters. The number of phenols is 1. The van der Waals surface area contributed by atoms with E-state index >= 15 is 0 Å². The number of ether oxygens (including phenoxy) is 1. The van der Waals surface area contributed by atoms with Gasteiger partial charge in [0.1, 0.15) is 5.60 Å². The molecule has 0 aliphatic rings. The van der Waals surface area contributed by atoms with Crippen molar-refractivity contribution < 1.29 is 14.7 Å². The molecule has 4 nitrogen and oxygen atoms in total. The van der Waals surface area contributed by atoms with Crippen LogP contribution < -0.4 is 10.6 Å². The molecule has 0 bridgehead atoms. The van der Waals surface area contributed by atoms with Gasteiger partial charge < -0.3 is 9.84 Å². The lowest BCUT2D eigenvalue weighted by molar-refractivity contribution is -0.0237. The lowest BCUT2D eigenvalue weighted by Gasteiger charge is -2.22. The Morgan fingerprint density at radius 3 is 2.50 bits per heavy atom. The molecular formula is C10H15NO3. The first-order valence-electron chi connectivity index (χ1n) is 4.26. The van der Waals surface area contributed by atoms with Crippen molar-refractivity contribution in [2.24, 2.45) is 5.90 Å². The van der Waals surface area contributed by atoms with Crippen LogP contribution in [-0.2, 0) is 10.4 Å². The summed E-state index contributed by atoms with van der Waals surface area (Å²) in [6.45, 7) is 3.66. The Hall–Kier alpha value is -1.26. The van der Waals surface area contributed by atoms with Gasteiger partial charge >= 0.3 is 0 Å². The second-order valence-corrected chi connectivity index (χ2v) is 3.51. The molecule has 0 amide bonds. The maximum atomic E-state index is 9.38. The Balaban J connectivity index is 3.12. The molecule has 78 valence electrons. The number of aromatic hydroxyl groups is 1. The molecule has 1 aromatic rings. The van der Waals surface area contributed by atoms with E-state index in [-0.39, 0.29) is 5.75 Å². The van der Waals surface area contributed by atoms with Gasteiger partial charge in [0.05, 0.1) is 7.11 Å². The molecular weight excluding hydrogens is 182 g/mol. The van der Waals surface area contributed by atoms with E-state index in [2.05, 4.69) is 0 Å². The summed E-state index contributed by atoms with van der Waals surface area (Å²) in [5.41, 5.74) is 0.246. The first-order valence-corrected chi connectivity index (χ1v) is 4.26. The number of methoxy groups -OCH3 is 1. The van der Waals surface area contributed by atoms with Crippen LogP contribution in [0.25, 0.3) is 0 Å². The topological polar surface area (TPSA) is 64.7 Å². The van der Waals surface area contributed by atoms with Crippen LogP contribution in [0, 0.1) is 0 Å². The summed E-state index contributed by atoms with van der Waals surface area (Å²) in [6, 6.07) is 4.99. The number of phenolic OH excluding ortho intramolecular Hbond substituents is 1. The molecule has 0 atom stereocenters. The number of hydrogen-bond donors (Lipinski definition) is 2. The van der Waals surface area contributed by atoms with Gasteiger partial charge in [0.25, 0.3) is 0 Å². The fourth-order valence-corrected chi connectivity index (χ4v) is 1.12. The van der Waals surface area contributed by atoms with Gasteiger partial charge in [-0.25, -0.2) is 5.90 Å². The van der Waals surface area contributed by atoms with Crippen LogP contribution in [0.15, 0.2) is 18.2 Å². The predicted molar refractivity (Wildman–Crippen MR) is 53.0 cm³/mol. The van der Waals surface area contributed by atoms with Crippen molar-refractivity contribution in [2.75, 3.05) is 7.11 Å². The van der Waals surface area contributed by atoms with Gasteiger partial charge in [-0.2, -0.15) is 0 Å². The van der Waals surface area contributed by atoms with E-state index in [0.29, 0.717) is 5.75 Å². The quantitative estimate of drug-likeness (QED) is 0.721. The molecule has 0 aliphatic carbocycles. The van der Waals surface area contributed by atoms with Gasteiger partial charge in [-0.05, 0) is 31.5 Å². The molecule has 0 fully saturated rings. The molecule has 0 spiro atoms. The van der Waals surface area contributed by atoms with Crippen molar-refractivity contribution >= 4 is 0 Å². The minimum atomic E-state index is -0.596. The SMILES string of the molecule is COc1cc(C(C)(C)ON)ccc1O. The molecule has 0 aliphatic heterocycles. The van der Waals surface area contributed by atoms with Crippen LogP contribution in [0.3, 0.4) is 0 Å². The summed E-state index contributed by atoms with van der Waals surface area (Å²) >= 11 is 0. The molecule has 1 aromatic carbocycles. The van der Waals surface area contributed by atoms with Gasteiger partial charge in [-0.15, -0.1) is 0 Å². The van der Waals surface area contributed by atoms with Crippen LogP contribution in [0.2, 0.25) is 0 Å². The lowest BCUT2D eigenvalue weighted by Crippen LogP contribution is -2.25. The fraction of sp³-hybridized carbons (Fsp3) is 0.400. The molecule has 4 heteroatoms. The van der Waals surface area contributed by atoms with E-state index in [4.69, 9.17) is 15.5 Å². The third kappa shape index (κ3) is 1.97. The summed E-state index contributed by atoms with van der Waals surface area (Å²) in [5, 5.41) is 9.38. The molecule has 0 saturated heterocycles. The van der Waals surface area contributed by atoms with E-state index in [0.717, 1.165) is 5.56 Å². The minimum absolute atomic E-state index is 0.101. The van der Waals surface area contributed by atoms with Crippen molar-refractivity contribution in [1.82, 2.24) is 0 Å². The van der Waals surface area contributed by atoms with E-state index in [1.807, 2.05) is 13.8 Å². The van der Waals surface area contributed by atoms with Gasteiger partial charge in [-0.1, -0.05) is 6.07 Å². The molecule has 14 heavy (non-hydrogen) atoms. The lowest BCUT2D eigenvalue weighted by atomic mass is 9.98. The molecule has 0 heterocycles. The highest BCUT2D eigenvalue weighted by Crippen LogP contribution is 2.32. The third-order valence-electron chi connectivity index (χ3n) is 2.17. The van der Waals surface area contributed by atoms with Crippen molar-refractivity contribution in [3.63, 3.8) is 0 Å². The maximum Gasteiger partial charge on any atom is 0.160 e. The second kappa shape index (κ2) is 3.86. The Morgan fingerprint density at radius 2 is 2.00 bits per heavy atom. The molecule has 1 rings (SSSR count). The zero-order chi connectivity index (χ0) is 10.8. The Morgan fingerprint density at radius 1 is 1.36 bits per heavy atom. The first kappa shape index (κ1) is 10.8. The Labute approximate surface area is 83.2 Å². The molecule has 3 N–H and O–H groups in total. The van der Waals surface area contributed by atoms with Crippen molar-refractivity contribution in [3.8, 4) is 11.5 Å². The van der Waals surface area contributed by atoms with Gasteiger partial charge in [-0.3, -0.25) is 4.84 Å². The molecule has 0 aromatic heterocycles. The van der Waals surface area contributed by atoms with Crippen LogP contribution >= 0.6 is 0 Å². The zero-order valence-corrected chi connectivity index (χ0v) is 8.57. The second-order valence-electron chi connectivity index (χ2n) is 3.51. The van der Waals surface area contributed by atoms with Gasteiger partial charge in [0.2, 0.25) is 0 Å². The summed E-state index contributed by atoms with van der Waals surface area (Å²) in [4.78, 5) is 4.83. The smallest absolute Gasteiger partial charge is 0.160 e. The Bertz CT molecular complexity index is 323. The average molecular weight is 197 g/mol. The van der Waals surface area contributed by atoms with Crippen LogP contribution in [0.5, 0.6) is 11.5 Å². The van der Waals surface area contributed by atoms with E-state index in [1.165, 1.54) is 7.11 Å². The highest BCUT2D eigenvalue weighted by atomic mass is 16.6. The summed E-state index contributed by atoms with van der Waals surface area (Å²) in [7, 11) is 1.50. The van der Waals surface area contributed by atoms with E-state index in [1.54, 1.807) is 18.2 Å². The largest absolute Gasteiger partial charge is 0.504 e. The standard InChI is InChI=1S/C10H15NO3/c1-10(2,14-11)7-4-5-8(12)9(6-7)13-3/h4-6,12H,11H2,1-3H3. The minimum Gasteiger partial charge on any atom is -0.504 e.